The van der Waals surface area contributed by atoms with E-state index in [1.807, 2.05) is 13.8 Å². The van der Waals surface area contributed by atoms with Crippen molar-refractivity contribution >= 4 is 40.7 Å². The van der Waals surface area contributed by atoms with Crippen LogP contribution >= 0.6 is 34.8 Å². The van der Waals surface area contributed by atoms with Crippen molar-refractivity contribution < 1.29 is 4.79 Å². The third-order valence-electron chi connectivity index (χ3n) is 1.58. The summed E-state index contributed by atoms with van der Waals surface area (Å²) in [6.45, 7) is 7.68. The minimum Gasteiger partial charge on any atom is -0.346 e. The predicted molar refractivity (Wildman–Crippen MR) is 61.9 cm³/mol. The molecule has 0 bridgehead atoms. The molecule has 1 N–H and O–H groups in total. The Labute approximate surface area is 99.6 Å². The normalized spacial score (nSPS) is 13.9. The fraction of sp³-hybridized carbons (Fsp3) is 0.667. The van der Waals surface area contributed by atoms with Gasteiger partial charge in [0.2, 0.25) is 0 Å². The zero-order valence-electron chi connectivity index (χ0n) is 8.19. The molecule has 0 aromatic carbocycles. The first-order chi connectivity index (χ1) is 6.27. The van der Waals surface area contributed by atoms with Crippen LogP contribution in [0.15, 0.2) is 12.7 Å². The summed E-state index contributed by atoms with van der Waals surface area (Å²) in [5.41, 5.74) is 0. The lowest BCUT2D eigenvalue weighted by Gasteiger charge is -2.19. The molecule has 0 fully saturated rings. The fourth-order valence-corrected chi connectivity index (χ4v) is 1.14. The highest BCUT2D eigenvalue weighted by molar-refractivity contribution is 6.76. The van der Waals surface area contributed by atoms with Crippen LogP contribution in [0.5, 0.6) is 0 Å². The minimum absolute atomic E-state index is 0.155. The maximum atomic E-state index is 11.3. The molecule has 0 heterocycles. The van der Waals surface area contributed by atoms with Gasteiger partial charge in [0.15, 0.2) is 0 Å². The van der Waals surface area contributed by atoms with Crippen molar-refractivity contribution in [1.82, 2.24) is 5.32 Å². The number of nitrogens with one attached hydrogen (secondary N) is 1. The molecule has 0 unspecified atom stereocenters. The second-order valence-corrected chi connectivity index (χ2v) is 5.72. The van der Waals surface area contributed by atoms with E-state index in [2.05, 4.69) is 11.9 Å². The molecule has 0 rings (SSSR count). The van der Waals surface area contributed by atoms with Crippen LogP contribution in [0.1, 0.15) is 20.3 Å². The van der Waals surface area contributed by atoms with E-state index in [9.17, 15) is 4.79 Å². The maximum absolute atomic E-state index is 11.3. The van der Waals surface area contributed by atoms with Gasteiger partial charge < -0.3 is 5.32 Å². The van der Waals surface area contributed by atoms with Crippen LogP contribution in [0.3, 0.4) is 0 Å². The van der Waals surface area contributed by atoms with Crippen LogP contribution in [0.4, 0.5) is 0 Å². The molecular formula is C9H14Cl3NO. The molecule has 0 aliphatic carbocycles. The summed E-state index contributed by atoms with van der Waals surface area (Å²) >= 11 is 16.2. The lowest BCUT2D eigenvalue weighted by Crippen LogP contribution is -2.41. The Balaban J connectivity index is 4.19. The number of carbonyl (C=O) groups is 1. The molecule has 5 heteroatoms. The van der Waals surface area contributed by atoms with Crippen molar-refractivity contribution in [3.8, 4) is 0 Å². The van der Waals surface area contributed by atoms with Crippen LogP contribution in [0.2, 0.25) is 0 Å². The second kappa shape index (κ2) is 5.84. The van der Waals surface area contributed by atoms with Crippen LogP contribution in [0.25, 0.3) is 0 Å². The van der Waals surface area contributed by atoms with E-state index >= 15 is 0 Å². The van der Waals surface area contributed by atoms with Crippen molar-refractivity contribution in [3.05, 3.63) is 12.7 Å². The van der Waals surface area contributed by atoms with Crippen molar-refractivity contribution in [1.29, 1.82) is 0 Å². The maximum Gasteiger partial charge on any atom is 0.272 e. The van der Waals surface area contributed by atoms with Crippen LogP contribution in [-0.4, -0.2) is 15.7 Å². The summed E-state index contributed by atoms with van der Waals surface area (Å²) in [6.07, 6.45) is 2.41. The highest BCUT2D eigenvalue weighted by atomic mass is 35.6. The molecule has 0 aliphatic rings. The average molecular weight is 259 g/mol. The van der Waals surface area contributed by atoms with Gasteiger partial charge in [-0.1, -0.05) is 54.7 Å². The molecule has 0 saturated carbocycles. The van der Waals surface area contributed by atoms with E-state index in [-0.39, 0.29) is 6.04 Å². The van der Waals surface area contributed by atoms with Crippen molar-refractivity contribution in [2.24, 2.45) is 5.92 Å². The van der Waals surface area contributed by atoms with Gasteiger partial charge in [0.05, 0.1) is 0 Å². The fourth-order valence-electron chi connectivity index (χ4n) is 0.972. The Kier molecular flexibility index (Phi) is 5.87. The largest absolute Gasteiger partial charge is 0.346 e. The first-order valence-corrected chi connectivity index (χ1v) is 5.41. The van der Waals surface area contributed by atoms with Gasteiger partial charge in [-0.25, -0.2) is 0 Å². The van der Waals surface area contributed by atoms with Gasteiger partial charge in [-0.2, -0.15) is 0 Å². The predicted octanol–water partition coefficient (Wildman–Crippen LogP) is 3.07. The lowest BCUT2D eigenvalue weighted by molar-refractivity contribution is -0.120. The molecule has 1 atom stereocenters. The Bertz CT molecular complexity index is 211. The highest BCUT2D eigenvalue weighted by Crippen LogP contribution is 2.26. The molecule has 0 aliphatic heterocycles. The zero-order valence-corrected chi connectivity index (χ0v) is 10.5. The minimum atomic E-state index is -1.90. The number of halogens is 3. The van der Waals surface area contributed by atoms with Gasteiger partial charge in [-0.15, -0.1) is 6.58 Å². The summed E-state index contributed by atoms with van der Waals surface area (Å²) in [5, 5.41) is 2.59. The zero-order chi connectivity index (χ0) is 11.4. The van der Waals surface area contributed by atoms with Crippen molar-refractivity contribution in [2.75, 3.05) is 0 Å². The smallest absolute Gasteiger partial charge is 0.272 e. The molecule has 0 radical (unpaired) electrons. The second-order valence-electron chi connectivity index (χ2n) is 3.44. The van der Waals surface area contributed by atoms with Gasteiger partial charge in [-0.3, -0.25) is 4.79 Å². The molecule has 0 aromatic rings. The third kappa shape index (κ3) is 5.74. The monoisotopic (exact) mass is 257 g/mol. The standard InChI is InChI=1S/C9H14Cl3NO/c1-4-7(5-6(2)3)13-8(14)9(10,11)12/h4,6-7H,1,5H2,2-3H3,(H,13,14)/t7-/m1/s1. The summed E-state index contributed by atoms with van der Waals surface area (Å²) < 4.78 is -1.90. The quantitative estimate of drug-likeness (QED) is 0.609. The summed E-state index contributed by atoms with van der Waals surface area (Å²) in [5.74, 6) is -0.179. The van der Waals surface area contributed by atoms with Gasteiger partial charge in [0.25, 0.3) is 9.70 Å². The van der Waals surface area contributed by atoms with Crippen LogP contribution in [-0.2, 0) is 4.79 Å². The van der Waals surface area contributed by atoms with Gasteiger partial charge in [-0.05, 0) is 12.3 Å². The molecule has 14 heavy (non-hydrogen) atoms. The molecule has 82 valence electrons. The van der Waals surface area contributed by atoms with E-state index < -0.39 is 9.70 Å². The van der Waals surface area contributed by atoms with E-state index in [1.165, 1.54) is 0 Å². The Morgan fingerprint density at radius 2 is 2.00 bits per heavy atom. The Morgan fingerprint density at radius 1 is 1.50 bits per heavy atom. The first-order valence-electron chi connectivity index (χ1n) is 4.27. The molecule has 0 saturated heterocycles. The lowest BCUT2D eigenvalue weighted by atomic mass is 10.0. The molecule has 0 spiro atoms. The van der Waals surface area contributed by atoms with Gasteiger partial charge in [0, 0.05) is 6.04 Å². The average Bonchev–Trinajstić information content (AvgIpc) is 2.00. The topological polar surface area (TPSA) is 29.1 Å². The molecule has 1 amide bonds. The Hall–Kier alpha value is 0.0800. The van der Waals surface area contributed by atoms with Gasteiger partial charge >= 0.3 is 0 Å². The number of amides is 1. The number of hydrogen-bond donors (Lipinski definition) is 1. The molecular weight excluding hydrogens is 244 g/mol. The van der Waals surface area contributed by atoms with Crippen molar-refractivity contribution in [2.45, 2.75) is 30.1 Å². The van der Waals surface area contributed by atoms with Gasteiger partial charge in [0.1, 0.15) is 0 Å². The highest BCUT2D eigenvalue weighted by Gasteiger charge is 2.31. The van der Waals surface area contributed by atoms with E-state index in [0.717, 1.165) is 6.42 Å². The van der Waals surface area contributed by atoms with Crippen LogP contribution < -0.4 is 5.32 Å². The van der Waals surface area contributed by atoms with Crippen LogP contribution in [0, 0.1) is 5.92 Å². The summed E-state index contributed by atoms with van der Waals surface area (Å²) in [4.78, 5) is 11.3. The summed E-state index contributed by atoms with van der Waals surface area (Å²) in [6, 6.07) is -0.155. The third-order valence-corrected chi connectivity index (χ3v) is 2.10. The van der Waals surface area contributed by atoms with E-state index in [4.69, 9.17) is 34.8 Å². The Morgan fingerprint density at radius 3 is 2.29 bits per heavy atom. The number of alkyl halides is 3. The van der Waals surface area contributed by atoms with Crippen molar-refractivity contribution in [3.63, 3.8) is 0 Å². The first kappa shape index (κ1) is 14.1. The number of hydrogen-bond acceptors (Lipinski definition) is 1. The number of rotatable bonds is 4. The summed E-state index contributed by atoms with van der Waals surface area (Å²) in [7, 11) is 0. The SMILES string of the molecule is C=C[C@H](CC(C)C)NC(=O)C(Cl)(Cl)Cl. The van der Waals surface area contributed by atoms with E-state index in [0.29, 0.717) is 5.92 Å². The van der Waals surface area contributed by atoms with E-state index in [1.54, 1.807) is 6.08 Å². The molecule has 0 aromatic heterocycles. The molecule has 2 nitrogen and oxygen atoms in total. The number of carbonyl (C=O) groups excluding carboxylic acids is 1.